The second-order valence-corrected chi connectivity index (χ2v) is 8.83. The van der Waals surface area contributed by atoms with Crippen molar-refractivity contribution in [2.45, 2.75) is 37.6 Å². The van der Waals surface area contributed by atoms with Gasteiger partial charge in [-0.25, -0.2) is 9.18 Å². The number of β-amino-alcohol motifs (C(OH)–C–C–N with tert-alkyl or cyclic N) is 1. The number of likely N-dealkylation sites (tertiary alicyclic amines) is 1. The summed E-state index contributed by atoms with van der Waals surface area (Å²) in [6, 6.07) is 11.7. The predicted octanol–water partition coefficient (Wildman–Crippen LogP) is 2.98. The van der Waals surface area contributed by atoms with Crippen LogP contribution in [0.15, 0.2) is 42.5 Å². The Morgan fingerprint density at radius 2 is 1.84 bits per heavy atom. The number of aliphatic hydroxyl groups is 1. The molecule has 0 bridgehead atoms. The van der Waals surface area contributed by atoms with E-state index in [9.17, 15) is 19.4 Å². The molecular weight excluding hydrogens is 421 g/mol. The van der Waals surface area contributed by atoms with Crippen LogP contribution in [-0.2, 0) is 6.54 Å². The first-order valence-corrected chi connectivity index (χ1v) is 11.0. The number of nitrogens with one attached hydrogen (secondary N) is 1. The minimum Gasteiger partial charge on any atom is -0.478 e. The van der Waals surface area contributed by atoms with Gasteiger partial charge in [-0.3, -0.25) is 4.90 Å². The van der Waals surface area contributed by atoms with Gasteiger partial charge in [0.05, 0.1) is 23.4 Å². The van der Waals surface area contributed by atoms with Crippen LogP contribution in [0.3, 0.4) is 0 Å². The average Bonchev–Trinajstić information content (AvgIpc) is 3.11. The Bertz CT molecular complexity index is 919. The van der Waals surface area contributed by atoms with E-state index in [0.717, 1.165) is 43.6 Å². The fraction of sp³-hybridized carbons (Fsp3) is 0.435. The van der Waals surface area contributed by atoms with Crippen molar-refractivity contribution in [3.8, 4) is 0 Å². The van der Waals surface area contributed by atoms with Crippen molar-refractivity contribution in [3.63, 3.8) is 0 Å². The van der Waals surface area contributed by atoms with E-state index in [1.54, 1.807) is 4.90 Å². The molecule has 31 heavy (non-hydrogen) atoms. The molecule has 2 aromatic rings. The summed E-state index contributed by atoms with van der Waals surface area (Å²) in [6.07, 6.45) is 1.30. The van der Waals surface area contributed by atoms with E-state index in [2.05, 4.69) is 10.2 Å². The number of nitrogens with zero attached hydrogens (tertiary/aromatic N) is 2. The van der Waals surface area contributed by atoms with Crippen molar-refractivity contribution >= 4 is 23.3 Å². The number of aliphatic hydroxyl groups excluding tert-OH is 1. The fourth-order valence-corrected chi connectivity index (χ4v) is 4.63. The smallest absolute Gasteiger partial charge is 0.337 e. The van der Waals surface area contributed by atoms with Crippen molar-refractivity contribution in [1.29, 1.82) is 0 Å². The third kappa shape index (κ3) is 5.36. The van der Waals surface area contributed by atoms with Crippen LogP contribution in [0.2, 0.25) is 5.02 Å². The molecule has 0 spiro atoms. The van der Waals surface area contributed by atoms with Gasteiger partial charge in [0.1, 0.15) is 5.82 Å². The predicted molar refractivity (Wildman–Crippen MR) is 118 cm³/mol. The highest BCUT2D eigenvalue weighted by Gasteiger charge is 2.35. The maximum absolute atomic E-state index is 13.7. The van der Waals surface area contributed by atoms with Gasteiger partial charge in [-0.15, -0.1) is 0 Å². The number of halogens is 2. The quantitative estimate of drug-likeness (QED) is 0.632. The molecule has 3 N–H and O–H groups in total. The lowest BCUT2D eigenvalue weighted by atomic mass is 10.0. The first kappa shape index (κ1) is 22.0. The summed E-state index contributed by atoms with van der Waals surface area (Å²) in [7, 11) is 0. The fourth-order valence-electron chi connectivity index (χ4n) is 4.50. The maximum atomic E-state index is 13.7. The molecule has 1 unspecified atom stereocenters. The number of carbonyl (C=O) groups is 1. The Morgan fingerprint density at radius 3 is 2.52 bits per heavy atom. The molecular formula is C23H27ClFN3O3. The van der Waals surface area contributed by atoms with E-state index in [-0.39, 0.29) is 24.2 Å². The van der Waals surface area contributed by atoms with Gasteiger partial charge in [0.15, 0.2) is 0 Å². The molecule has 0 aromatic heterocycles. The van der Waals surface area contributed by atoms with Gasteiger partial charge in [-0.1, -0.05) is 23.7 Å². The standard InChI is InChI=1S/C23H27ClFN3O3/c24-16-3-1-15(2-4-16)12-27-9-7-18(8-10-27)26-20-13-28(14-22(20)29)21-11-17(25)5-6-19(21)23(30)31/h1-6,11,18,20,22,26,29H,7-10,12-14H2,(H,30,31)/t20?,22-/m1/s1. The highest BCUT2D eigenvalue weighted by Crippen LogP contribution is 2.27. The SMILES string of the molecule is O=C(O)c1ccc(F)cc1N1CC(NC2CCN(Cc3ccc(Cl)cc3)CC2)[C@H](O)C1. The van der Waals surface area contributed by atoms with E-state index < -0.39 is 17.9 Å². The second kappa shape index (κ2) is 9.53. The topological polar surface area (TPSA) is 76.0 Å². The molecule has 2 atom stereocenters. The highest BCUT2D eigenvalue weighted by molar-refractivity contribution is 6.30. The van der Waals surface area contributed by atoms with Gasteiger partial charge < -0.3 is 20.4 Å². The Hall–Kier alpha value is -2.19. The van der Waals surface area contributed by atoms with Gasteiger partial charge in [-0.05, 0) is 61.8 Å². The summed E-state index contributed by atoms with van der Waals surface area (Å²) in [6.45, 7) is 3.52. The number of rotatable bonds is 6. The summed E-state index contributed by atoms with van der Waals surface area (Å²) < 4.78 is 13.7. The number of piperidine rings is 1. The van der Waals surface area contributed by atoms with E-state index in [4.69, 9.17) is 11.6 Å². The first-order chi connectivity index (χ1) is 14.9. The van der Waals surface area contributed by atoms with Gasteiger partial charge in [0, 0.05) is 30.7 Å². The van der Waals surface area contributed by atoms with Crippen LogP contribution in [-0.4, -0.2) is 65.4 Å². The van der Waals surface area contributed by atoms with Crippen molar-refractivity contribution in [2.75, 3.05) is 31.1 Å². The first-order valence-electron chi connectivity index (χ1n) is 10.6. The molecule has 2 aromatic carbocycles. The third-order valence-electron chi connectivity index (χ3n) is 6.18. The Morgan fingerprint density at radius 1 is 1.13 bits per heavy atom. The van der Waals surface area contributed by atoms with Crippen LogP contribution in [0, 0.1) is 5.82 Å². The third-order valence-corrected chi connectivity index (χ3v) is 6.43. The summed E-state index contributed by atoms with van der Waals surface area (Å²) in [4.78, 5) is 15.7. The minimum absolute atomic E-state index is 0.0461. The van der Waals surface area contributed by atoms with Crippen LogP contribution < -0.4 is 10.2 Å². The van der Waals surface area contributed by atoms with Crippen molar-refractivity contribution in [3.05, 3.63) is 64.4 Å². The van der Waals surface area contributed by atoms with Crippen LogP contribution in [0.1, 0.15) is 28.8 Å². The monoisotopic (exact) mass is 447 g/mol. The van der Waals surface area contributed by atoms with E-state index in [1.807, 2.05) is 24.3 Å². The van der Waals surface area contributed by atoms with Crippen molar-refractivity contribution in [2.24, 2.45) is 0 Å². The van der Waals surface area contributed by atoms with Crippen molar-refractivity contribution < 1.29 is 19.4 Å². The Kier molecular flexibility index (Phi) is 6.77. The molecule has 0 aliphatic carbocycles. The van der Waals surface area contributed by atoms with Crippen LogP contribution in [0.25, 0.3) is 0 Å². The number of carboxylic acid groups (broad SMARTS) is 1. The van der Waals surface area contributed by atoms with E-state index in [0.29, 0.717) is 12.2 Å². The molecule has 6 nitrogen and oxygen atoms in total. The van der Waals surface area contributed by atoms with Gasteiger partial charge in [0.25, 0.3) is 0 Å². The molecule has 2 saturated heterocycles. The normalized spacial score (nSPS) is 22.7. The molecule has 0 saturated carbocycles. The van der Waals surface area contributed by atoms with Crippen LogP contribution >= 0.6 is 11.6 Å². The zero-order chi connectivity index (χ0) is 22.0. The Balaban J connectivity index is 1.31. The molecule has 2 fully saturated rings. The number of benzene rings is 2. The van der Waals surface area contributed by atoms with Gasteiger partial charge >= 0.3 is 5.97 Å². The number of aromatic carboxylic acids is 1. The zero-order valence-electron chi connectivity index (χ0n) is 17.2. The van der Waals surface area contributed by atoms with E-state index >= 15 is 0 Å². The summed E-state index contributed by atoms with van der Waals surface area (Å²) in [5.74, 6) is -1.59. The summed E-state index contributed by atoms with van der Waals surface area (Å²) >= 11 is 5.95. The number of carboxylic acids is 1. The number of hydrogen-bond donors (Lipinski definition) is 3. The Labute approximate surface area is 186 Å². The lowest BCUT2D eigenvalue weighted by molar-refractivity contribution is 0.0697. The summed E-state index contributed by atoms with van der Waals surface area (Å²) in [5.41, 5.74) is 1.60. The molecule has 8 heteroatoms. The lowest BCUT2D eigenvalue weighted by Crippen LogP contribution is -2.49. The molecule has 2 aliphatic rings. The zero-order valence-corrected chi connectivity index (χ0v) is 17.9. The molecule has 2 heterocycles. The highest BCUT2D eigenvalue weighted by atomic mass is 35.5. The number of hydrogen-bond acceptors (Lipinski definition) is 5. The number of anilines is 1. The molecule has 4 rings (SSSR count). The molecule has 166 valence electrons. The molecule has 0 radical (unpaired) electrons. The second-order valence-electron chi connectivity index (χ2n) is 8.39. The van der Waals surface area contributed by atoms with E-state index in [1.165, 1.54) is 17.7 Å². The van der Waals surface area contributed by atoms with Crippen LogP contribution in [0.5, 0.6) is 0 Å². The van der Waals surface area contributed by atoms with Crippen LogP contribution in [0.4, 0.5) is 10.1 Å². The molecule has 0 amide bonds. The maximum Gasteiger partial charge on any atom is 0.337 e. The van der Waals surface area contributed by atoms with Gasteiger partial charge in [-0.2, -0.15) is 0 Å². The minimum atomic E-state index is -1.10. The van der Waals surface area contributed by atoms with Crippen molar-refractivity contribution in [1.82, 2.24) is 10.2 Å². The average molecular weight is 448 g/mol. The molecule has 2 aliphatic heterocycles. The summed E-state index contributed by atoms with van der Waals surface area (Å²) in [5, 5.41) is 24.3. The van der Waals surface area contributed by atoms with Gasteiger partial charge in [0.2, 0.25) is 0 Å². The largest absolute Gasteiger partial charge is 0.478 e. The lowest BCUT2D eigenvalue weighted by Gasteiger charge is -2.34.